The van der Waals surface area contributed by atoms with Crippen molar-refractivity contribution < 1.29 is 61.5 Å². The number of esters is 5. The van der Waals surface area contributed by atoms with Crippen molar-refractivity contribution >= 4 is 40.8 Å². The Morgan fingerprint density at radius 3 is 1.69 bits per heavy atom. The summed E-state index contributed by atoms with van der Waals surface area (Å²) in [5.74, 6) is -3.39. The smallest absolute Gasteiger partial charge is 0.338 e. The van der Waals surface area contributed by atoms with Gasteiger partial charge in [-0.3, -0.25) is 14.4 Å². The largest absolute Gasteiger partial charge is 0.459 e. The summed E-state index contributed by atoms with van der Waals surface area (Å²) < 4.78 is 48.0. The molecule has 67 heavy (non-hydrogen) atoms. The zero-order valence-corrected chi connectivity index (χ0v) is 37.1. The minimum Gasteiger partial charge on any atom is -0.459 e. The number of carbonyl (C=O) groups excluding carboxylic acids is 5. The molecule has 1 saturated heterocycles. The molecule has 0 radical (unpaired) electrons. The minimum absolute atomic E-state index is 0.0329. The third kappa shape index (κ3) is 12.2. The van der Waals surface area contributed by atoms with E-state index < -0.39 is 60.5 Å². The standard InChI is InChI=1S/C53H50O14/c1-3-5-10-24-43(54)62-38-28-26-34(27-29-38)40-32-60-46-39(45(40)56)30-31-41(47(46)65-44(55)25-11-6-4-2)63-53-49(67-52(59)37-22-16-9-17-23-37)48(66-51(58)36-20-14-8-15-21-36)42(64-53)33-61-50(57)35-18-12-7-13-19-35/h7-9,12-23,26-32,42,48-49,53H,3-6,10-11,24-25,33H2,1-2H3/t42-,48-,49+,53+/m1/s1. The number of rotatable bonds is 20. The monoisotopic (exact) mass is 910 g/mol. The lowest BCUT2D eigenvalue weighted by Gasteiger charge is -2.25. The van der Waals surface area contributed by atoms with Gasteiger partial charge in [-0.2, -0.15) is 0 Å². The van der Waals surface area contributed by atoms with Gasteiger partial charge in [0, 0.05) is 12.8 Å². The summed E-state index contributed by atoms with van der Waals surface area (Å²) in [4.78, 5) is 80.5. The average molecular weight is 911 g/mol. The van der Waals surface area contributed by atoms with Crippen LogP contribution in [0.4, 0.5) is 0 Å². The lowest BCUT2D eigenvalue weighted by Crippen LogP contribution is -2.43. The van der Waals surface area contributed by atoms with Crippen LogP contribution in [0.3, 0.4) is 0 Å². The molecule has 0 bridgehead atoms. The number of ether oxygens (including phenoxy) is 7. The maximum atomic E-state index is 14.2. The maximum absolute atomic E-state index is 14.2. The van der Waals surface area contributed by atoms with E-state index in [-0.39, 0.29) is 57.1 Å². The Kier molecular flexibility index (Phi) is 16.3. The fourth-order valence-electron chi connectivity index (χ4n) is 7.29. The van der Waals surface area contributed by atoms with Crippen LogP contribution in [0, 0.1) is 0 Å². The maximum Gasteiger partial charge on any atom is 0.338 e. The molecule has 6 aromatic rings. The van der Waals surface area contributed by atoms with Crippen molar-refractivity contribution in [3.05, 3.63) is 161 Å². The quantitative estimate of drug-likeness (QED) is 0.0306. The van der Waals surface area contributed by atoms with Crippen molar-refractivity contribution in [1.29, 1.82) is 0 Å². The number of fused-ring (bicyclic) bond motifs is 1. The normalized spacial score (nSPS) is 16.4. The van der Waals surface area contributed by atoms with Gasteiger partial charge in [0.05, 0.1) is 27.6 Å². The van der Waals surface area contributed by atoms with E-state index >= 15 is 0 Å². The van der Waals surface area contributed by atoms with Crippen LogP contribution >= 0.6 is 0 Å². The predicted octanol–water partition coefficient (Wildman–Crippen LogP) is 9.84. The van der Waals surface area contributed by atoms with Crippen molar-refractivity contribution in [1.82, 2.24) is 0 Å². The van der Waals surface area contributed by atoms with E-state index in [1.807, 2.05) is 13.8 Å². The van der Waals surface area contributed by atoms with Crippen LogP contribution in [0.15, 0.2) is 143 Å². The molecule has 0 aliphatic carbocycles. The first-order chi connectivity index (χ1) is 32.6. The van der Waals surface area contributed by atoms with Gasteiger partial charge < -0.3 is 37.6 Å². The molecular weight excluding hydrogens is 861 g/mol. The number of hydrogen-bond donors (Lipinski definition) is 0. The third-order valence-corrected chi connectivity index (χ3v) is 10.8. The summed E-state index contributed by atoms with van der Waals surface area (Å²) in [6.07, 6.45) is 0.480. The zero-order chi connectivity index (χ0) is 47.1. The third-order valence-electron chi connectivity index (χ3n) is 10.8. The number of benzene rings is 5. The van der Waals surface area contributed by atoms with Crippen LogP contribution in [0.5, 0.6) is 17.2 Å². The fourth-order valence-corrected chi connectivity index (χ4v) is 7.29. The second kappa shape index (κ2) is 23.0. The number of unbranched alkanes of at least 4 members (excludes halogenated alkanes) is 4. The van der Waals surface area contributed by atoms with Gasteiger partial charge in [0.2, 0.25) is 23.6 Å². The molecule has 0 saturated carbocycles. The number of hydrogen-bond acceptors (Lipinski definition) is 14. The first-order valence-electron chi connectivity index (χ1n) is 22.3. The lowest BCUT2D eigenvalue weighted by molar-refractivity contribution is -0.136. The van der Waals surface area contributed by atoms with E-state index in [1.54, 1.807) is 103 Å². The lowest BCUT2D eigenvalue weighted by atomic mass is 10.0. The van der Waals surface area contributed by atoms with Crippen LogP contribution in [-0.2, 0) is 28.5 Å². The second-order valence-electron chi connectivity index (χ2n) is 15.7. The Bertz CT molecular complexity index is 2700. The van der Waals surface area contributed by atoms with E-state index in [0.29, 0.717) is 24.2 Å². The first kappa shape index (κ1) is 47.4. The molecule has 14 heteroatoms. The molecule has 1 fully saturated rings. The molecular formula is C53H50O14. The predicted molar refractivity (Wildman–Crippen MR) is 245 cm³/mol. The van der Waals surface area contributed by atoms with Crippen molar-refractivity contribution in [2.75, 3.05) is 6.61 Å². The Labute approximate surface area is 386 Å². The highest BCUT2D eigenvalue weighted by molar-refractivity contribution is 5.92. The second-order valence-corrected chi connectivity index (χ2v) is 15.7. The fraction of sp³-hybridized carbons (Fsp3) is 0.283. The highest BCUT2D eigenvalue weighted by atomic mass is 16.7. The summed E-state index contributed by atoms with van der Waals surface area (Å²) in [7, 11) is 0. The molecule has 0 N–H and O–H groups in total. The van der Waals surface area contributed by atoms with Crippen LogP contribution in [0.1, 0.15) is 96.3 Å². The summed E-state index contributed by atoms with van der Waals surface area (Å²) in [6, 6.07) is 33.6. The van der Waals surface area contributed by atoms with Gasteiger partial charge >= 0.3 is 29.8 Å². The van der Waals surface area contributed by atoms with Gasteiger partial charge in [-0.1, -0.05) is 106 Å². The topological polar surface area (TPSA) is 180 Å². The van der Waals surface area contributed by atoms with Crippen molar-refractivity contribution in [3.8, 4) is 28.4 Å². The summed E-state index contributed by atoms with van der Waals surface area (Å²) in [6.45, 7) is 3.56. The van der Waals surface area contributed by atoms with Crippen LogP contribution in [-0.4, -0.2) is 61.1 Å². The van der Waals surface area contributed by atoms with E-state index in [0.717, 1.165) is 32.1 Å². The Hall–Kier alpha value is -7.58. The molecule has 0 unspecified atom stereocenters. The van der Waals surface area contributed by atoms with Gasteiger partial charge in [-0.15, -0.1) is 0 Å². The summed E-state index contributed by atoms with van der Waals surface area (Å²) >= 11 is 0. The molecule has 346 valence electrons. The molecule has 5 aromatic carbocycles. The molecule has 1 aliphatic heterocycles. The van der Waals surface area contributed by atoms with E-state index in [2.05, 4.69) is 0 Å². The van der Waals surface area contributed by atoms with Gasteiger partial charge in [-0.05, 0) is 79.1 Å². The molecule has 2 heterocycles. The molecule has 14 nitrogen and oxygen atoms in total. The average Bonchev–Trinajstić information content (AvgIpc) is 3.66. The first-order valence-corrected chi connectivity index (χ1v) is 22.3. The van der Waals surface area contributed by atoms with E-state index in [1.165, 1.54) is 30.5 Å². The Morgan fingerprint density at radius 1 is 0.582 bits per heavy atom. The minimum atomic E-state index is -1.60. The zero-order valence-electron chi connectivity index (χ0n) is 37.1. The van der Waals surface area contributed by atoms with Gasteiger partial charge in [0.15, 0.2) is 17.4 Å². The Balaban J connectivity index is 1.24. The van der Waals surface area contributed by atoms with Crippen LogP contribution in [0.2, 0.25) is 0 Å². The van der Waals surface area contributed by atoms with Crippen LogP contribution < -0.4 is 19.6 Å². The molecule has 0 amide bonds. The molecule has 4 atom stereocenters. The van der Waals surface area contributed by atoms with E-state index in [4.69, 9.17) is 37.6 Å². The van der Waals surface area contributed by atoms with Gasteiger partial charge in [0.25, 0.3) is 0 Å². The van der Waals surface area contributed by atoms with Crippen molar-refractivity contribution in [2.24, 2.45) is 0 Å². The van der Waals surface area contributed by atoms with Crippen molar-refractivity contribution in [2.45, 2.75) is 89.8 Å². The SMILES string of the molecule is CCCCCC(=O)Oc1ccc(-c2coc3c(OC(=O)CCCCC)c(O[C@H]4O[C@H](COC(=O)c5ccccc5)[C@@H](OC(=O)c5ccccc5)[C@@H]4OC(=O)c4ccccc4)ccc3c2=O)cc1. The summed E-state index contributed by atoms with van der Waals surface area (Å²) in [5.41, 5.74) is 0.627. The highest BCUT2D eigenvalue weighted by Crippen LogP contribution is 2.40. The van der Waals surface area contributed by atoms with Gasteiger partial charge in [0.1, 0.15) is 24.7 Å². The van der Waals surface area contributed by atoms with E-state index in [9.17, 15) is 28.8 Å². The van der Waals surface area contributed by atoms with Crippen LogP contribution in [0.25, 0.3) is 22.1 Å². The number of carbonyl (C=O) groups is 5. The molecule has 7 rings (SSSR count). The Morgan fingerprint density at radius 2 is 1.12 bits per heavy atom. The van der Waals surface area contributed by atoms with Crippen molar-refractivity contribution in [3.63, 3.8) is 0 Å². The van der Waals surface area contributed by atoms with Gasteiger partial charge in [-0.25, -0.2) is 14.4 Å². The molecule has 0 spiro atoms. The molecule has 1 aromatic heterocycles. The highest BCUT2D eigenvalue weighted by Gasteiger charge is 2.52. The summed E-state index contributed by atoms with van der Waals surface area (Å²) in [5, 5.41) is 0.0346. The molecule has 1 aliphatic rings.